The first-order valence-corrected chi connectivity index (χ1v) is 6.58. The fourth-order valence-electron chi connectivity index (χ4n) is 1.63. The predicted molar refractivity (Wildman–Crippen MR) is 78.4 cm³/mol. The van der Waals surface area contributed by atoms with Crippen LogP contribution in [0.3, 0.4) is 0 Å². The number of carbonyl (C=O) groups is 1. The lowest BCUT2D eigenvalue weighted by molar-refractivity contribution is 0.0951. The zero-order valence-electron chi connectivity index (χ0n) is 10.7. The van der Waals surface area contributed by atoms with Gasteiger partial charge < -0.3 is 10.1 Å². The molecule has 1 heterocycles. The molecule has 4 nitrogen and oxygen atoms in total. The van der Waals surface area contributed by atoms with Gasteiger partial charge in [-0.15, -0.1) is 0 Å². The highest BCUT2D eigenvalue weighted by Gasteiger charge is 2.12. The van der Waals surface area contributed by atoms with E-state index in [4.69, 9.17) is 27.9 Å². The number of ether oxygens (including phenoxy) is 1. The van der Waals surface area contributed by atoms with E-state index in [1.807, 2.05) is 0 Å². The summed E-state index contributed by atoms with van der Waals surface area (Å²) in [4.78, 5) is 16.0. The highest BCUT2D eigenvalue weighted by atomic mass is 35.5. The van der Waals surface area contributed by atoms with Crippen LogP contribution >= 0.6 is 23.2 Å². The van der Waals surface area contributed by atoms with Gasteiger partial charge in [-0.2, -0.15) is 0 Å². The molecule has 0 fully saturated rings. The van der Waals surface area contributed by atoms with Crippen LogP contribution in [0.5, 0.6) is 5.88 Å². The van der Waals surface area contributed by atoms with Crippen molar-refractivity contribution < 1.29 is 9.53 Å². The van der Waals surface area contributed by atoms with Gasteiger partial charge in [0.05, 0.1) is 22.7 Å². The lowest BCUT2D eigenvalue weighted by Gasteiger charge is -2.08. The fourth-order valence-corrected chi connectivity index (χ4v) is 2.02. The topological polar surface area (TPSA) is 51.2 Å². The number of benzene rings is 1. The number of rotatable bonds is 4. The van der Waals surface area contributed by atoms with E-state index in [0.717, 1.165) is 5.56 Å². The van der Waals surface area contributed by atoms with E-state index in [-0.39, 0.29) is 10.9 Å². The molecule has 0 spiro atoms. The van der Waals surface area contributed by atoms with Crippen molar-refractivity contribution in [2.75, 3.05) is 7.11 Å². The molecule has 6 heteroatoms. The number of hydrogen-bond donors (Lipinski definition) is 1. The summed E-state index contributed by atoms with van der Waals surface area (Å²) in [6.45, 7) is 0.348. The minimum atomic E-state index is -0.284. The molecule has 0 aliphatic rings. The van der Waals surface area contributed by atoms with Gasteiger partial charge in [0, 0.05) is 18.8 Å². The lowest BCUT2D eigenvalue weighted by atomic mass is 10.2. The number of pyridine rings is 1. The van der Waals surface area contributed by atoms with Gasteiger partial charge >= 0.3 is 0 Å². The van der Waals surface area contributed by atoms with Crippen LogP contribution < -0.4 is 10.1 Å². The Kier molecular flexibility index (Phi) is 4.82. The van der Waals surface area contributed by atoms with E-state index in [2.05, 4.69) is 10.3 Å². The number of aromatic nitrogens is 1. The summed E-state index contributed by atoms with van der Waals surface area (Å²) in [6, 6.07) is 8.48. The minimum absolute atomic E-state index is 0.249. The second-order valence-corrected chi connectivity index (χ2v) is 4.78. The Morgan fingerprint density at radius 2 is 2.15 bits per heavy atom. The molecular weight excluding hydrogens is 299 g/mol. The molecule has 0 unspecified atom stereocenters. The molecular formula is C14H12Cl2N2O2. The molecule has 0 aliphatic heterocycles. The number of hydrogen-bond acceptors (Lipinski definition) is 3. The Labute approximate surface area is 126 Å². The van der Waals surface area contributed by atoms with E-state index in [1.165, 1.54) is 7.11 Å². The largest absolute Gasteiger partial charge is 0.481 e. The molecule has 0 atom stereocenters. The Balaban J connectivity index is 2.06. The van der Waals surface area contributed by atoms with Crippen LogP contribution in [-0.4, -0.2) is 18.0 Å². The number of halogens is 2. The van der Waals surface area contributed by atoms with Gasteiger partial charge in [-0.3, -0.25) is 4.79 Å². The van der Waals surface area contributed by atoms with E-state index in [1.54, 1.807) is 36.5 Å². The third-order valence-electron chi connectivity index (χ3n) is 2.66. The molecule has 1 amide bonds. The van der Waals surface area contributed by atoms with Gasteiger partial charge in [0.2, 0.25) is 5.88 Å². The average molecular weight is 311 g/mol. The minimum Gasteiger partial charge on any atom is -0.481 e. The highest BCUT2D eigenvalue weighted by Crippen LogP contribution is 2.25. The van der Waals surface area contributed by atoms with Crippen LogP contribution in [0.15, 0.2) is 36.5 Å². The first kappa shape index (κ1) is 14.6. The van der Waals surface area contributed by atoms with Gasteiger partial charge in [0.25, 0.3) is 5.91 Å². The molecule has 1 aromatic heterocycles. The third kappa shape index (κ3) is 3.40. The van der Waals surface area contributed by atoms with Crippen LogP contribution in [0, 0.1) is 0 Å². The average Bonchev–Trinajstić information content (AvgIpc) is 2.48. The summed E-state index contributed by atoms with van der Waals surface area (Å²) in [6.07, 6.45) is 1.62. The van der Waals surface area contributed by atoms with Crippen molar-refractivity contribution in [2.24, 2.45) is 0 Å². The zero-order chi connectivity index (χ0) is 14.5. The number of carbonyl (C=O) groups excluding carboxylic acids is 1. The van der Waals surface area contributed by atoms with Gasteiger partial charge in [-0.1, -0.05) is 29.3 Å². The molecule has 2 aromatic rings. The highest BCUT2D eigenvalue weighted by molar-refractivity contribution is 6.43. The van der Waals surface area contributed by atoms with Gasteiger partial charge in [-0.25, -0.2) is 4.98 Å². The Hall–Kier alpha value is -1.78. The fraction of sp³-hybridized carbons (Fsp3) is 0.143. The number of methoxy groups -OCH3 is 1. The van der Waals surface area contributed by atoms with Crippen molar-refractivity contribution in [3.05, 3.63) is 57.7 Å². The van der Waals surface area contributed by atoms with Gasteiger partial charge in [0.15, 0.2) is 0 Å². The maximum absolute atomic E-state index is 12.0. The van der Waals surface area contributed by atoms with Crippen LogP contribution in [0.1, 0.15) is 15.9 Å². The summed E-state index contributed by atoms with van der Waals surface area (Å²) in [5.41, 5.74) is 1.23. The number of nitrogens with zero attached hydrogens (tertiary/aromatic N) is 1. The van der Waals surface area contributed by atoms with E-state index in [0.29, 0.717) is 23.0 Å². The molecule has 0 radical (unpaired) electrons. The standard InChI is InChI=1S/C14H12Cl2N2O2/c1-20-12-7-9(5-6-17-12)8-18-14(19)10-3-2-4-11(15)13(10)16/h2-7H,8H2,1H3,(H,18,19). The SMILES string of the molecule is COc1cc(CNC(=O)c2cccc(Cl)c2Cl)ccn1. The van der Waals surface area contributed by atoms with E-state index < -0.39 is 0 Å². The molecule has 1 aromatic carbocycles. The van der Waals surface area contributed by atoms with Crippen molar-refractivity contribution in [3.8, 4) is 5.88 Å². The van der Waals surface area contributed by atoms with Crippen molar-refractivity contribution in [1.82, 2.24) is 10.3 Å². The second kappa shape index (κ2) is 6.59. The van der Waals surface area contributed by atoms with Crippen molar-refractivity contribution >= 4 is 29.1 Å². The number of nitrogens with one attached hydrogen (secondary N) is 1. The van der Waals surface area contributed by atoms with E-state index in [9.17, 15) is 4.79 Å². The normalized spacial score (nSPS) is 10.2. The predicted octanol–water partition coefficient (Wildman–Crippen LogP) is 3.33. The molecule has 0 saturated carbocycles. The zero-order valence-corrected chi connectivity index (χ0v) is 12.2. The maximum Gasteiger partial charge on any atom is 0.253 e. The van der Waals surface area contributed by atoms with Gasteiger partial charge in [0.1, 0.15) is 0 Å². The van der Waals surface area contributed by atoms with Crippen molar-refractivity contribution in [2.45, 2.75) is 6.54 Å². The molecule has 0 aliphatic carbocycles. The molecule has 20 heavy (non-hydrogen) atoms. The molecule has 0 saturated heterocycles. The summed E-state index contributed by atoms with van der Waals surface area (Å²) < 4.78 is 5.02. The quantitative estimate of drug-likeness (QED) is 0.942. The van der Waals surface area contributed by atoms with Crippen LogP contribution in [-0.2, 0) is 6.54 Å². The first-order chi connectivity index (χ1) is 9.61. The maximum atomic E-state index is 12.0. The van der Waals surface area contributed by atoms with Crippen molar-refractivity contribution in [1.29, 1.82) is 0 Å². The molecule has 2 rings (SSSR count). The summed E-state index contributed by atoms with van der Waals surface area (Å²) >= 11 is 11.9. The van der Waals surface area contributed by atoms with Gasteiger partial charge in [-0.05, 0) is 23.8 Å². The number of amides is 1. The van der Waals surface area contributed by atoms with Crippen LogP contribution in [0.2, 0.25) is 10.0 Å². The molecule has 0 bridgehead atoms. The summed E-state index contributed by atoms with van der Waals surface area (Å²) in [5, 5.41) is 3.37. The first-order valence-electron chi connectivity index (χ1n) is 5.83. The third-order valence-corrected chi connectivity index (χ3v) is 3.48. The Morgan fingerprint density at radius 3 is 2.90 bits per heavy atom. The molecule has 1 N–H and O–H groups in total. The van der Waals surface area contributed by atoms with Crippen LogP contribution in [0.25, 0.3) is 0 Å². The summed E-state index contributed by atoms with van der Waals surface area (Å²) in [5.74, 6) is 0.214. The van der Waals surface area contributed by atoms with Crippen LogP contribution in [0.4, 0.5) is 0 Å². The lowest BCUT2D eigenvalue weighted by Crippen LogP contribution is -2.23. The Morgan fingerprint density at radius 1 is 1.35 bits per heavy atom. The van der Waals surface area contributed by atoms with Crippen molar-refractivity contribution in [3.63, 3.8) is 0 Å². The van der Waals surface area contributed by atoms with E-state index >= 15 is 0 Å². The monoisotopic (exact) mass is 310 g/mol. The Bertz CT molecular complexity index is 632. The molecule has 104 valence electrons. The second-order valence-electron chi connectivity index (χ2n) is 3.99. The smallest absolute Gasteiger partial charge is 0.253 e. The summed E-state index contributed by atoms with van der Waals surface area (Å²) in [7, 11) is 1.54.